The molecule has 0 aliphatic heterocycles. The lowest BCUT2D eigenvalue weighted by atomic mass is 9.54. The minimum atomic E-state index is -0.376. The summed E-state index contributed by atoms with van der Waals surface area (Å²) in [4.78, 5) is 25.1. The Morgan fingerprint density at radius 2 is 1.75 bits per heavy atom. The highest BCUT2D eigenvalue weighted by Gasteiger charge is 2.54. The molecule has 3 rings (SSSR count). The third-order valence-electron chi connectivity index (χ3n) is 5.64. The van der Waals surface area contributed by atoms with Crippen LogP contribution in [-0.4, -0.2) is 17.4 Å². The molecule has 2 N–H and O–H groups in total. The zero-order chi connectivity index (χ0) is 20.5. The van der Waals surface area contributed by atoms with E-state index in [4.69, 9.17) is 11.6 Å². The zero-order valence-electron chi connectivity index (χ0n) is 16.2. The fourth-order valence-corrected chi connectivity index (χ4v) is 4.39. The minimum Gasteiger partial charge on any atom is -0.347 e. The normalized spacial score (nSPS) is 24.8. The Kier molecular flexibility index (Phi) is 5.48. The first kappa shape index (κ1) is 20.3. The molecule has 0 bridgehead atoms. The van der Waals surface area contributed by atoms with E-state index in [1.165, 1.54) is 12.1 Å². The van der Waals surface area contributed by atoms with Crippen molar-refractivity contribution in [2.75, 3.05) is 5.32 Å². The molecule has 1 atom stereocenters. The fraction of sp³-hybridized carbons (Fsp3) is 0.364. The van der Waals surface area contributed by atoms with Crippen LogP contribution in [0.1, 0.15) is 44.0 Å². The molecule has 2 aromatic carbocycles. The Morgan fingerprint density at radius 3 is 2.36 bits per heavy atom. The van der Waals surface area contributed by atoms with Gasteiger partial charge in [0.25, 0.3) is 5.91 Å². The average Bonchev–Trinajstić information content (AvgIpc) is 2.61. The molecular weight excluding hydrogens is 379 g/mol. The first-order chi connectivity index (χ1) is 13.1. The summed E-state index contributed by atoms with van der Waals surface area (Å²) in [6.07, 6.45) is 1.37. The van der Waals surface area contributed by atoms with Gasteiger partial charge in [-0.25, -0.2) is 4.39 Å². The molecule has 0 radical (unpaired) electrons. The lowest BCUT2D eigenvalue weighted by molar-refractivity contribution is -0.128. The van der Waals surface area contributed by atoms with E-state index in [1.807, 2.05) is 13.8 Å². The molecule has 6 heteroatoms. The molecular formula is C22H24ClFN2O2. The van der Waals surface area contributed by atoms with E-state index in [-0.39, 0.29) is 34.5 Å². The lowest BCUT2D eigenvalue weighted by Crippen LogP contribution is -2.62. The van der Waals surface area contributed by atoms with Crippen molar-refractivity contribution in [1.82, 2.24) is 5.32 Å². The van der Waals surface area contributed by atoms with Gasteiger partial charge in [0, 0.05) is 27.7 Å². The number of hydrogen-bond donors (Lipinski definition) is 2. The molecule has 1 aliphatic rings. The molecule has 28 heavy (non-hydrogen) atoms. The van der Waals surface area contributed by atoms with E-state index in [1.54, 1.807) is 36.4 Å². The van der Waals surface area contributed by atoms with Gasteiger partial charge in [-0.05, 0) is 67.6 Å². The van der Waals surface area contributed by atoms with E-state index in [0.717, 1.165) is 0 Å². The summed E-state index contributed by atoms with van der Waals surface area (Å²) in [5.74, 6) is -0.885. The summed E-state index contributed by atoms with van der Waals surface area (Å²) in [6.45, 7) is 5.92. The summed E-state index contributed by atoms with van der Waals surface area (Å²) >= 11 is 5.96. The molecule has 0 spiro atoms. The van der Waals surface area contributed by atoms with E-state index in [9.17, 15) is 14.0 Å². The van der Waals surface area contributed by atoms with Crippen LogP contribution in [0.5, 0.6) is 0 Å². The van der Waals surface area contributed by atoms with E-state index >= 15 is 0 Å². The van der Waals surface area contributed by atoms with Gasteiger partial charge in [0.1, 0.15) is 5.82 Å². The predicted molar refractivity (Wildman–Crippen MR) is 109 cm³/mol. The van der Waals surface area contributed by atoms with Crippen molar-refractivity contribution < 1.29 is 14.0 Å². The van der Waals surface area contributed by atoms with Crippen LogP contribution in [0.4, 0.5) is 10.1 Å². The lowest BCUT2D eigenvalue weighted by Gasteiger charge is -2.55. The number of amides is 2. The second kappa shape index (κ2) is 7.55. The third-order valence-corrected chi connectivity index (χ3v) is 5.88. The number of carbonyl (C=O) groups excluding carboxylic acids is 2. The molecule has 1 fully saturated rings. The molecule has 2 amide bonds. The summed E-state index contributed by atoms with van der Waals surface area (Å²) in [6, 6.07) is 12.5. The van der Waals surface area contributed by atoms with Crippen LogP contribution in [0.15, 0.2) is 48.5 Å². The van der Waals surface area contributed by atoms with Crippen molar-refractivity contribution in [3.05, 3.63) is 64.9 Å². The van der Waals surface area contributed by atoms with Crippen LogP contribution in [0.3, 0.4) is 0 Å². The number of hydrogen-bond acceptors (Lipinski definition) is 2. The van der Waals surface area contributed by atoms with Crippen LogP contribution in [0.2, 0.25) is 5.02 Å². The molecule has 2 aromatic rings. The highest BCUT2D eigenvalue weighted by Crippen LogP contribution is 2.53. The Balaban J connectivity index is 1.59. The van der Waals surface area contributed by atoms with Crippen LogP contribution in [-0.2, 0) is 4.79 Å². The Morgan fingerprint density at radius 1 is 1.11 bits per heavy atom. The molecule has 1 saturated carbocycles. The average molecular weight is 403 g/mol. The number of benzene rings is 2. The molecule has 0 aromatic heterocycles. The summed E-state index contributed by atoms with van der Waals surface area (Å²) in [7, 11) is 0. The monoisotopic (exact) mass is 402 g/mol. The maximum absolute atomic E-state index is 13.0. The van der Waals surface area contributed by atoms with Gasteiger partial charge in [0.05, 0.1) is 0 Å². The Bertz CT molecular complexity index is 892. The maximum Gasteiger partial charge on any atom is 0.251 e. The molecule has 1 unspecified atom stereocenters. The van der Waals surface area contributed by atoms with E-state index in [2.05, 4.69) is 17.6 Å². The van der Waals surface area contributed by atoms with Gasteiger partial charge >= 0.3 is 0 Å². The predicted octanol–water partition coefficient (Wildman–Crippen LogP) is 5.04. The van der Waals surface area contributed by atoms with Gasteiger partial charge < -0.3 is 10.6 Å². The Hall–Kier alpha value is -2.40. The van der Waals surface area contributed by atoms with Crippen LogP contribution in [0, 0.1) is 17.2 Å². The van der Waals surface area contributed by atoms with Crippen molar-refractivity contribution in [3.8, 4) is 0 Å². The van der Waals surface area contributed by atoms with Crippen LogP contribution in [0.25, 0.3) is 0 Å². The van der Waals surface area contributed by atoms with Crippen molar-refractivity contribution >= 4 is 29.1 Å². The molecule has 0 heterocycles. The maximum atomic E-state index is 13.0. The van der Waals surface area contributed by atoms with Gasteiger partial charge in [0.15, 0.2) is 0 Å². The summed E-state index contributed by atoms with van der Waals surface area (Å²) in [5.41, 5.74) is 0.474. The van der Waals surface area contributed by atoms with Crippen molar-refractivity contribution in [2.45, 2.75) is 39.2 Å². The smallest absolute Gasteiger partial charge is 0.251 e. The summed E-state index contributed by atoms with van der Waals surface area (Å²) < 4.78 is 13.0. The highest BCUT2D eigenvalue weighted by molar-refractivity contribution is 6.30. The van der Waals surface area contributed by atoms with Gasteiger partial charge in [-0.15, -0.1) is 0 Å². The van der Waals surface area contributed by atoms with E-state index in [0.29, 0.717) is 29.1 Å². The fourth-order valence-electron chi connectivity index (χ4n) is 4.20. The zero-order valence-corrected chi connectivity index (χ0v) is 16.9. The van der Waals surface area contributed by atoms with Crippen molar-refractivity contribution in [1.29, 1.82) is 0 Å². The van der Waals surface area contributed by atoms with Crippen LogP contribution < -0.4 is 10.6 Å². The Labute approximate surface area is 169 Å². The number of nitrogens with one attached hydrogen (secondary N) is 2. The number of rotatable bonds is 5. The second-order valence-electron chi connectivity index (χ2n) is 8.25. The van der Waals surface area contributed by atoms with Crippen molar-refractivity contribution in [3.63, 3.8) is 0 Å². The summed E-state index contributed by atoms with van der Waals surface area (Å²) in [5, 5.41) is 6.42. The topological polar surface area (TPSA) is 58.2 Å². The highest BCUT2D eigenvalue weighted by atomic mass is 35.5. The quantitative estimate of drug-likeness (QED) is 0.735. The van der Waals surface area contributed by atoms with Gasteiger partial charge in [0.2, 0.25) is 5.91 Å². The molecule has 4 nitrogen and oxygen atoms in total. The first-order valence-electron chi connectivity index (χ1n) is 9.25. The second-order valence-corrected chi connectivity index (χ2v) is 8.69. The minimum absolute atomic E-state index is 0.114. The van der Waals surface area contributed by atoms with Gasteiger partial charge in [-0.3, -0.25) is 9.59 Å². The van der Waals surface area contributed by atoms with E-state index < -0.39 is 0 Å². The molecule has 1 aliphatic carbocycles. The third kappa shape index (κ3) is 4.36. The first-order valence-corrected chi connectivity index (χ1v) is 9.63. The van der Waals surface area contributed by atoms with Gasteiger partial charge in [-0.1, -0.05) is 31.5 Å². The number of anilines is 1. The van der Waals surface area contributed by atoms with Gasteiger partial charge in [-0.2, -0.15) is 0 Å². The molecule has 0 saturated heterocycles. The number of carbonyl (C=O) groups is 2. The number of halogens is 2. The standard InChI is InChI=1S/C22H24ClFN2O2/c1-14(19(27)25-18-9-7-17(24)8-10-18)21(2)12-22(3,13-21)26-20(28)15-5-4-6-16(23)11-15/h4-11,14H,12-13H2,1-3H3,(H,25,27)(H,26,28). The largest absolute Gasteiger partial charge is 0.347 e. The van der Waals surface area contributed by atoms with Crippen LogP contribution >= 0.6 is 11.6 Å². The molecule has 148 valence electrons. The SMILES string of the molecule is CC(C(=O)Nc1ccc(F)cc1)C1(C)CC(C)(NC(=O)c2cccc(Cl)c2)C1. The van der Waals surface area contributed by atoms with Crippen molar-refractivity contribution in [2.24, 2.45) is 11.3 Å².